The third-order valence-corrected chi connectivity index (χ3v) is 9.28. The monoisotopic (exact) mass is 550 g/mol. The van der Waals surface area contributed by atoms with Gasteiger partial charge in [-0.25, -0.2) is 4.79 Å². The van der Waals surface area contributed by atoms with E-state index in [0.717, 1.165) is 5.56 Å². The number of nitrogens with zero attached hydrogens (tertiary/aromatic N) is 3. The minimum atomic E-state index is -1.63. The van der Waals surface area contributed by atoms with Gasteiger partial charge in [0.2, 0.25) is 6.17 Å². The lowest BCUT2D eigenvalue weighted by molar-refractivity contribution is -0.119. The first-order valence-corrected chi connectivity index (χ1v) is 14.8. The van der Waals surface area contributed by atoms with Crippen LogP contribution in [0.15, 0.2) is 52.7 Å². The van der Waals surface area contributed by atoms with Gasteiger partial charge >= 0.3 is 5.97 Å². The zero-order valence-electron chi connectivity index (χ0n) is 19.2. The van der Waals surface area contributed by atoms with E-state index >= 15 is 0 Å². The van der Waals surface area contributed by atoms with Gasteiger partial charge in [-0.3, -0.25) is 9.36 Å². The molecule has 0 saturated heterocycles. The summed E-state index contributed by atoms with van der Waals surface area (Å²) in [5.74, 6) is -0.399. The molecule has 0 saturated carbocycles. The minimum Gasteiger partial charge on any atom is -0.494 e. The average Bonchev–Trinajstić information content (AvgIpc) is 3.17. The number of fused-ring (bicyclic) bond motifs is 3. The number of hydrogen-bond acceptors (Lipinski definition) is 6. The highest BCUT2D eigenvalue weighted by Crippen LogP contribution is 2.53. The summed E-state index contributed by atoms with van der Waals surface area (Å²) in [6, 6.07) is 12.7. The molecule has 4 rings (SSSR count). The number of nitrogens with one attached hydrogen (secondary N) is 1. The van der Waals surface area contributed by atoms with E-state index in [4.69, 9.17) is 32.0 Å². The highest BCUT2D eigenvalue weighted by Gasteiger charge is 2.37. The van der Waals surface area contributed by atoms with E-state index in [0.29, 0.717) is 48.2 Å². The summed E-state index contributed by atoms with van der Waals surface area (Å²) in [6.45, 7) is 4.58. The van der Waals surface area contributed by atoms with Gasteiger partial charge in [0.1, 0.15) is 12.4 Å². The largest absolute Gasteiger partial charge is 0.494 e. The van der Waals surface area contributed by atoms with E-state index in [-0.39, 0.29) is 12.0 Å². The number of aromatic nitrogens is 1. The first-order valence-electron chi connectivity index (χ1n) is 10.8. The molecule has 0 radical (unpaired) electrons. The number of rotatable bonds is 7. The number of hydrogen-bond donors (Lipinski definition) is 1. The number of carbonyl (C=O) groups is 2. The Morgan fingerprint density at radius 2 is 2.00 bits per heavy atom. The molecule has 35 heavy (non-hydrogen) atoms. The Labute approximate surface area is 215 Å². The highest BCUT2D eigenvalue weighted by molar-refractivity contribution is 8.11. The van der Waals surface area contributed by atoms with Gasteiger partial charge in [-0.05, 0) is 53.2 Å². The van der Waals surface area contributed by atoms with Crippen molar-refractivity contribution in [1.82, 2.24) is 4.57 Å². The van der Waals surface area contributed by atoms with Crippen molar-refractivity contribution < 1.29 is 19.1 Å². The lowest BCUT2D eigenvalue weighted by atomic mass is 10.1. The molecular formula is C23H22Cl2N4O4P2. The Bertz CT molecular complexity index is 1310. The van der Waals surface area contributed by atoms with Gasteiger partial charge in [-0.15, -0.1) is 0 Å². The van der Waals surface area contributed by atoms with Crippen LogP contribution in [0.2, 0.25) is 0 Å². The maximum atomic E-state index is 13.4. The van der Waals surface area contributed by atoms with Crippen LogP contribution in [-0.2, 0) is 9.53 Å². The molecule has 0 spiro atoms. The molecule has 2 aromatic carbocycles. The Kier molecular flexibility index (Phi) is 8.08. The fraction of sp³-hybridized carbons (Fsp3) is 0.261. The molecule has 8 nitrogen and oxygen atoms in total. The first kappa shape index (κ1) is 25.6. The number of halogens is 2. The molecule has 1 aliphatic heterocycles. The number of carbonyl (C=O) groups excluding carboxylic acids is 2. The fourth-order valence-electron chi connectivity index (χ4n) is 3.67. The Balaban J connectivity index is 1.93. The van der Waals surface area contributed by atoms with Crippen LogP contribution in [0.5, 0.6) is 5.75 Å². The van der Waals surface area contributed by atoms with E-state index in [1.54, 1.807) is 35.8 Å². The highest BCUT2D eigenvalue weighted by atomic mass is 35.9. The Hall–Kier alpha value is -2.50. The third kappa shape index (κ3) is 5.36. The van der Waals surface area contributed by atoms with Crippen LogP contribution in [0.1, 0.15) is 35.8 Å². The van der Waals surface area contributed by atoms with Crippen molar-refractivity contribution in [3.63, 3.8) is 0 Å². The quantitative estimate of drug-likeness (QED) is 0.190. The predicted molar refractivity (Wildman–Crippen MR) is 141 cm³/mol. The van der Waals surface area contributed by atoms with Crippen LogP contribution in [0.4, 0.5) is 11.4 Å². The molecule has 0 bridgehead atoms. The molecule has 2 heterocycles. The Morgan fingerprint density at radius 1 is 1.20 bits per heavy atom. The van der Waals surface area contributed by atoms with E-state index in [2.05, 4.69) is 15.5 Å². The fourth-order valence-corrected chi connectivity index (χ4v) is 6.81. The number of benzene rings is 2. The molecule has 0 fully saturated rings. The smallest absolute Gasteiger partial charge is 0.359 e. The summed E-state index contributed by atoms with van der Waals surface area (Å²) in [5, 5.41) is 12.2. The van der Waals surface area contributed by atoms with Gasteiger partial charge < -0.3 is 14.8 Å². The molecule has 12 heteroatoms. The second kappa shape index (κ2) is 11.0. The van der Waals surface area contributed by atoms with Gasteiger partial charge in [0, 0.05) is 11.6 Å². The lowest BCUT2D eigenvalue weighted by Gasteiger charge is -2.16. The molecule has 0 unspecified atom stereocenters. The van der Waals surface area contributed by atoms with Crippen molar-refractivity contribution in [3.8, 4) is 17.0 Å². The summed E-state index contributed by atoms with van der Waals surface area (Å²) >= 11 is 12.8. The van der Waals surface area contributed by atoms with Crippen molar-refractivity contribution in [1.29, 1.82) is 0 Å². The molecule has 1 N–H and O–H groups in total. The number of azo groups is 1. The summed E-state index contributed by atoms with van der Waals surface area (Å²) in [7, 11) is 0.468. The molecule has 1 aromatic heterocycles. The third-order valence-electron chi connectivity index (χ3n) is 5.09. The molecule has 3 aromatic rings. The number of aryl methyl sites for hydroxylation is 1. The number of ether oxygens (including phenoxy) is 2. The van der Waals surface area contributed by atoms with E-state index < -0.39 is 24.7 Å². The van der Waals surface area contributed by atoms with Crippen LogP contribution in [-0.4, -0.2) is 29.7 Å². The second-order valence-electron chi connectivity index (χ2n) is 7.49. The summed E-state index contributed by atoms with van der Waals surface area (Å²) < 4.78 is 12.4. The maximum absolute atomic E-state index is 13.4. The van der Waals surface area contributed by atoms with Crippen molar-refractivity contribution in [2.45, 2.75) is 26.9 Å². The normalized spacial score (nSPS) is 15.1. The topological polar surface area (TPSA) is 94.3 Å². The summed E-state index contributed by atoms with van der Waals surface area (Å²) in [6.07, 6.45) is -1.19. The number of anilines is 1. The minimum absolute atomic E-state index is 0.172. The summed E-state index contributed by atoms with van der Waals surface area (Å²) in [4.78, 5) is 26.4. The van der Waals surface area contributed by atoms with Crippen LogP contribution in [0, 0.1) is 6.92 Å². The SMILES string of the molecule is CCOC(=O)c1pc(P(Cl)Cl)c2n1[C@@H](N=Nc1cccc(OCC)c1)C(=O)Nc1ccc(C)cc1-2. The molecule has 182 valence electrons. The Morgan fingerprint density at radius 3 is 2.71 bits per heavy atom. The maximum Gasteiger partial charge on any atom is 0.359 e. The number of esters is 1. The molecule has 1 aliphatic rings. The second-order valence-corrected chi connectivity index (χ2v) is 12.4. The van der Waals surface area contributed by atoms with Crippen molar-refractivity contribution in [3.05, 3.63) is 53.5 Å². The van der Waals surface area contributed by atoms with Crippen molar-refractivity contribution in [2.75, 3.05) is 18.5 Å². The van der Waals surface area contributed by atoms with Crippen LogP contribution < -0.4 is 15.1 Å². The first-order chi connectivity index (χ1) is 16.8. The van der Waals surface area contributed by atoms with Crippen LogP contribution >= 0.6 is 37.3 Å². The van der Waals surface area contributed by atoms with Crippen LogP contribution in [0.25, 0.3) is 11.3 Å². The van der Waals surface area contributed by atoms with Gasteiger partial charge in [0.05, 0.1) is 35.3 Å². The molecule has 1 atom stereocenters. The standard InChI is InChI=1S/C23H22Cl2N4O4P2/c1-4-32-15-8-6-7-14(12-15)27-28-19-20(30)26-17-10-9-13(3)11-16(17)18-23(35(24)25)34-21(29(18)19)22(31)33-5-2/h6-12,19H,4-5H2,1-3H3,(H,26,30)/t19-/m1/s1. The van der Waals surface area contributed by atoms with E-state index in [9.17, 15) is 9.59 Å². The zero-order valence-corrected chi connectivity index (χ0v) is 22.5. The van der Waals surface area contributed by atoms with E-state index in [1.807, 2.05) is 32.0 Å². The molecule has 1 amide bonds. The van der Waals surface area contributed by atoms with Gasteiger partial charge in [0.25, 0.3) is 5.91 Å². The lowest BCUT2D eigenvalue weighted by Crippen LogP contribution is -2.25. The van der Waals surface area contributed by atoms with Crippen molar-refractivity contribution in [2.24, 2.45) is 10.2 Å². The number of amides is 1. The predicted octanol–water partition coefficient (Wildman–Crippen LogP) is 7.27. The van der Waals surface area contributed by atoms with Gasteiger partial charge in [-0.1, -0.05) is 40.2 Å². The average molecular weight is 551 g/mol. The van der Waals surface area contributed by atoms with Crippen LogP contribution in [0.3, 0.4) is 0 Å². The van der Waals surface area contributed by atoms with E-state index in [1.165, 1.54) is 0 Å². The summed E-state index contributed by atoms with van der Waals surface area (Å²) in [5.41, 5.74) is 3.51. The molecular weight excluding hydrogens is 529 g/mol. The molecule has 0 aliphatic carbocycles. The van der Waals surface area contributed by atoms with Gasteiger partial charge in [-0.2, -0.15) is 10.2 Å². The zero-order chi connectivity index (χ0) is 25.1. The van der Waals surface area contributed by atoms with Crippen molar-refractivity contribution >= 4 is 65.6 Å². The van der Waals surface area contributed by atoms with Gasteiger partial charge in [0.15, 0.2) is 5.43 Å².